The number of carbonyl (C=O) groups excluding carboxylic acids is 2. The summed E-state index contributed by atoms with van der Waals surface area (Å²) >= 11 is 0. The third-order valence-electron chi connectivity index (χ3n) is 4.59. The van der Waals surface area contributed by atoms with Gasteiger partial charge < -0.3 is 15.4 Å². The van der Waals surface area contributed by atoms with Gasteiger partial charge in [0.05, 0.1) is 5.92 Å². The number of H-pyrrole nitrogens is 1. The van der Waals surface area contributed by atoms with E-state index >= 15 is 0 Å². The fraction of sp³-hybridized carbons (Fsp3) is 0.647. The van der Waals surface area contributed by atoms with Gasteiger partial charge in [-0.3, -0.25) is 23.9 Å². The second-order valence-corrected chi connectivity index (χ2v) is 6.56. The number of rotatable bonds is 8. The van der Waals surface area contributed by atoms with Crippen LogP contribution < -0.4 is 21.9 Å². The van der Waals surface area contributed by atoms with E-state index in [0.717, 1.165) is 17.7 Å². The molecular weight excluding hydrogens is 340 g/mol. The molecule has 3 N–H and O–H groups in total. The number of hydrogen-bond acceptors (Lipinski definition) is 6. The molecule has 1 aromatic heterocycles. The van der Waals surface area contributed by atoms with E-state index < -0.39 is 29.7 Å². The van der Waals surface area contributed by atoms with Crippen molar-refractivity contribution in [1.29, 1.82) is 0 Å². The van der Waals surface area contributed by atoms with Crippen molar-refractivity contribution in [3.05, 3.63) is 20.8 Å². The molecule has 2 rings (SSSR count). The first kappa shape index (κ1) is 19.7. The van der Waals surface area contributed by atoms with Crippen LogP contribution in [0.15, 0.2) is 9.59 Å². The van der Waals surface area contributed by atoms with Gasteiger partial charge in [-0.05, 0) is 25.7 Å². The highest BCUT2D eigenvalue weighted by atomic mass is 16.5. The zero-order valence-corrected chi connectivity index (χ0v) is 15.4. The number of esters is 1. The lowest BCUT2D eigenvalue weighted by atomic mass is 10.3. The van der Waals surface area contributed by atoms with Crippen molar-refractivity contribution in [1.82, 2.24) is 9.55 Å². The number of likely N-dealkylation sites (N-methyl/N-ethyl adjacent to an activating group) is 1. The SMILES string of the molecule is CCCCn1c(N)c(N(CC)C(=O)COC(=O)[C@H]2C[C@H]2C)c(=O)[nH]c1=O. The van der Waals surface area contributed by atoms with Crippen LogP contribution in [0, 0.1) is 11.8 Å². The average Bonchev–Trinajstić information content (AvgIpc) is 3.32. The molecule has 0 saturated heterocycles. The lowest BCUT2D eigenvalue weighted by Crippen LogP contribution is -2.42. The molecule has 1 aliphatic carbocycles. The molecule has 0 spiro atoms. The molecule has 1 aliphatic rings. The first-order valence-electron chi connectivity index (χ1n) is 8.91. The van der Waals surface area contributed by atoms with Gasteiger partial charge in [-0.2, -0.15) is 0 Å². The number of ether oxygens (including phenoxy) is 1. The van der Waals surface area contributed by atoms with E-state index in [-0.39, 0.29) is 29.9 Å². The van der Waals surface area contributed by atoms with Crippen molar-refractivity contribution >= 4 is 23.4 Å². The maximum atomic E-state index is 12.5. The smallest absolute Gasteiger partial charge is 0.330 e. The average molecular weight is 366 g/mol. The van der Waals surface area contributed by atoms with E-state index in [9.17, 15) is 19.2 Å². The van der Waals surface area contributed by atoms with Gasteiger partial charge in [-0.1, -0.05) is 20.3 Å². The summed E-state index contributed by atoms with van der Waals surface area (Å²) in [6.45, 7) is 5.59. The number of nitrogen functional groups attached to an aromatic ring is 1. The van der Waals surface area contributed by atoms with Crippen LogP contribution in [-0.2, 0) is 20.9 Å². The van der Waals surface area contributed by atoms with Gasteiger partial charge >= 0.3 is 11.7 Å². The van der Waals surface area contributed by atoms with Crippen molar-refractivity contribution in [2.75, 3.05) is 23.8 Å². The Morgan fingerprint density at radius 2 is 2.00 bits per heavy atom. The molecule has 1 aromatic rings. The van der Waals surface area contributed by atoms with Crippen LogP contribution in [0.5, 0.6) is 0 Å². The minimum Gasteiger partial charge on any atom is -0.455 e. The summed E-state index contributed by atoms with van der Waals surface area (Å²) in [5.41, 5.74) is 4.57. The standard InChI is InChI=1S/C17H26N4O5/c1-4-6-7-21-14(18)13(15(23)19-17(21)25)20(5-2)12(22)9-26-16(24)11-8-10(11)3/h10-11H,4-9,18H2,1-3H3,(H,19,23,25)/t10-,11+/m1/s1. The molecule has 2 atom stereocenters. The van der Waals surface area contributed by atoms with Crippen LogP contribution >= 0.6 is 0 Å². The van der Waals surface area contributed by atoms with Crippen molar-refractivity contribution in [3.63, 3.8) is 0 Å². The van der Waals surface area contributed by atoms with E-state index in [1.165, 1.54) is 4.57 Å². The van der Waals surface area contributed by atoms with E-state index in [1.54, 1.807) is 6.92 Å². The Balaban J connectivity index is 2.22. The maximum absolute atomic E-state index is 12.5. The molecule has 1 amide bonds. The van der Waals surface area contributed by atoms with Crippen LogP contribution in [0.1, 0.15) is 40.0 Å². The van der Waals surface area contributed by atoms with Crippen LogP contribution in [0.4, 0.5) is 11.5 Å². The molecule has 9 heteroatoms. The van der Waals surface area contributed by atoms with Crippen LogP contribution in [0.3, 0.4) is 0 Å². The zero-order valence-electron chi connectivity index (χ0n) is 15.4. The molecule has 26 heavy (non-hydrogen) atoms. The van der Waals surface area contributed by atoms with Crippen LogP contribution in [0.2, 0.25) is 0 Å². The van der Waals surface area contributed by atoms with Gasteiger partial charge in [0.1, 0.15) is 5.82 Å². The normalized spacial score (nSPS) is 18.4. The number of nitrogens with zero attached hydrogens (tertiary/aromatic N) is 2. The van der Waals surface area contributed by atoms with Gasteiger partial charge in [0.2, 0.25) is 0 Å². The summed E-state index contributed by atoms with van der Waals surface area (Å²) in [4.78, 5) is 51.8. The molecule has 0 radical (unpaired) electrons. The summed E-state index contributed by atoms with van der Waals surface area (Å²) in [6, 6.07) is 0. The Kier molecular flexibility index (Phi) is 6.23. The predicted octanol–water partition coefficient (Wildman–Crippen LogP) is 0.471. The van der Waals surface area contributed by atoms with Crippen molar-refractivity contribution in [2.45, 2.75) is 46.6 Å². The van der Waals surface area contributed by atoms with E-state index in [2.05, 4.69) is 4.98 Å². The first-order valence-corrected chi connectivity index (χ1v) is 8.91. The van der Waals surface area contributed by atoms with Gasteiger partial charge in [-0.25, -0.2) is 4.79 Å². The molecule has 1 heterocycles. The zero-order chi connectivity index (χ0) is 19.4. The Morgan fingerprint density at radius 3 is 2.54 bits per heavy atom. The Morgan fingerprint density at radius 1 is 1.35 bits per heavy atom. The molecule has 0 unspecified atom stereocenters. The van der Waals surface area contributed by atoms with Crippen LogP contribution in [-0.4, -0.2) is 34.6 Å². The van der Waals surface area contributed by atoms with Gasteiger partial charge in [0, 0.05) is 13.1 Å². The quantitative estimate of drug-likeness (QED) is 0.644. The molecule has 0 bridgehead atoms. The number of hydrogen-bond donors (Lipinski definition) is 2. The lowest BCUT2D eigenvalue weighted by Gasteiger charge is -2.23. The van der Waals surface area contributed by atoms with Crippen molar-refractivity contribution in [2.24, 2.45) is 11.8 Å². The monoisotopic (exact) mass is 366 g/mol. The van der Waals surface area contributed by atoms with E-state index in [1.807, 2.05) is 13.8 Å². The van der Waals surface area contributed by atoms with E-state index in [4.69, 9.17) is 10.5 Å². The molecule has 1 fully saturated rings. The molecule has 144 valence electrons. The number of amides is 1. The Bertz CT molecular complexity index is 797. The largest absolute Gasteiger partial charge is 0.455 e. The number of carbonyl (C=O) groups is 2. The second-order valence-electron chi connectivity index (χ2n) is 6.56. The minimum atomic E-state index is -0.738. The lowest BCUT2D eigenvalue weighted by molar-refractivity contribution is -0.149. The number of aromatic amines is 1. The fourth-order valence-electron chi connectivity index (χ4n) is 2.80. The summed E-state index contributed by atoms with van der Waals surface area (Å²) in [5, 5.41) is 0. The molecular formula is C17H26N4O5. The Hall–Kier alpha value is -2.58. The molecule has 9 nitrogen and oxygen atoms in total. The Labute approximate surface area is 151 Å². The van der Waals surface area contributed by atoms with Gasteiger partial charge in [0.15, 0.2) is 12.3 Å². The van der Waals surface area contributed by atoms with Gasteiger partial charge in [0.25, 0.3) is 11.5 Å². The highest BCUT2D eigenvalue weighted by Gasteiger charge is 2.40. The van der Waals surface area contributed by atoms with E-state index in [0.29, 0.717) is 13.0 Å². The highest BCUT2D eigenvalue weighted by molar-refractivity contribution is 5.97. The van der Waals surface area contributed by atoms with Crippen molar-refractivity contribution in [3.8, 4) is 0 Å². The summed E-state index contributed by atoms with van der Waals surface area (Å²) < 4.78 is 6.29. The number of unbranched alkanes of at least 4 members (excludes halogenated alkanes) is 1. The third-order valence-corrected chi connectivity index (χ3v) is 4.59. The van der Waals surface area contributed by atoms with Crippen molar-refractivity contribution < 1.29 is 14.3 Å². The first-order chi connectivity index (χ1) is 12.3. The number of anilines is 2. The fourth-order valence-corrected chi connectivity index (χ4v) is 2.80. The topological polar surface area (TPSA) is 127 Å². The predicted molar refractivity (Wildman–Crippen MR) is 96.9 cm³/mol. The summed E-state index contributed by atoms with van der Waals surface area (Å²) in [5.74, 6) is -0.906. The maximum Gasteiger partial charge on any atom is 0.330 e. The van der Waals surface area contributed by atoms with Gasteiger partial charge in [-0.15, -0.1) is 0 Å². The summed E-state index contributed by atoms with van der Waals surface area (Å²) in [7, 11) is 0. The van der Waals surface area contributed by atoms with Crippen LogP contribution in [0.25, 0.3) is 0 Å². The number of aromatic nitrogens is 2. The molecule has 0 aromatic carbocycles. The highest BCUT2D eigenvalue weighted by Crippen LogP contribution is 2.38. The molecule has 0 aliphatic heterocycles. The number of nitrogens with two attached hydrogens (primary N) is 1. The second kappa shape index (κ2) is 8.20. The number of nitrogens with one attached hydrogen (secondary N) is 1. The minimum absolute atomic E-state index is 0.0652. The molecule has 1 saturated carbocycles. The third kappa shape index (κ3) is 4.14. The summed E-state index contributed by atoms with van der Waals surface area (Å²) in [6.07, 6.45) is 2.30.